The summed E-state index contributed by atoms with van der Waals surface area (Å²) in [6.07, 6.45) is 52.8. The Morgan fingerprint density at radius 1 is 0.301 bits per heavy atom. The fourth-order valence-electron chi connectivity index (χ4n) is 11.2. The van der Waals surface area contributed by atoms with Crippen LogP contribution in [0.4, 0.5) is 0 Å². The largest absolute Gasteiger partial charge is 0.472 e. The van der Waals surface area contributed by atoms with Gasteiger partial charge in [-0.3, -0.25) is 37.3 Å². The van der Waals surface area contributed by atoms with Gasteiger partial charge in [-0.2, -0.15) is 0 Å². The number of hydrogen-bond donors (Lipinski definition) is 3. The fraction of sp³-hybridized carbons (Fsp3) is 0.946. The molecule has 0 spiro atoms. The SMILES string of the molecule is CCCCCCCCCCCCC(=O)O[C@H](COC(=O)CCCCCCCCC)COP(=O)(O)OC[C@H](O)COP(=O)(O)OC[C@@H](COC(=O)CCCCCCCCCCCCC(C)CC)OC(=O)CCCCCCCCCCCCCCCCCCCCC(C)CC. The lowest BCUT2D eigenvalue weighted by Crippen LogP contribution is -2.30. The minimum absolute atomic E-state index is 0.106. The van der Waals surface area contributed by atoms with E-state index in [2.05, 4.69) is 41.5 Å². The Morgan fingerprint density at radius 3 is 0.763 bits per heavy atom. The van der Waals surface area contributed by atoms with Crippen molar-refractivity contribution < 1.29 is 80.2 Å². The maximum Gasteiger partial charge on any atom is 0.472 e. The summed E-state index contributed by atoms with van der Waals surface area (Å²) in [5.41, 5.74) is 0. The van der Waals surface area contributed by atoms with Gasteiger partial charge in [-0.25, -0.2) is 9.13 Å². The first-order valence-electron chi connectivity index (χ1n) is 38.6. The Hall–Kier alpha value is -1.94. The van der Waals surface area contributed by atoms with Crippen molar-refractivity contribution in [3.05, 3.63) is 0 Å². The number of rotatable bonds is 73. The van der Waals surface area contributed by atoms with E-state index in [-0.39, 0.29) is 25.7 Å². The number of aliphatic hydroxyl groups is 1. The molecule has 0 aliphatic heterocycles. The van der Waals surface area contributed by atoms with Crippen molar-refractivity contribution in [3.8, 4) is 0 Å². The average molecular weight is 1370 g/mol. The first kappa shape index (κ1) is 91.1. The Morgan fingerprint density at radius 2 is 0.516 bits per heavy atom. The normalized spacial score (nSPS) is 14.6. The first-order valence-corrected chi connectivity index (χ1v) is 41.6. The summed E-state index contributed by atoms with van der Waals surface area (Å²) < 4.78 is 68.3. The summed E-state index contributed by atoms with van der Waals surface area (Å²) in [5.74, 6) is -0.444. The van der Waals surface area contributed by atoms with Gasteiger partial charge < -0.3 is 33.8 Å². The monoisotopic (exact) mass is 1370 g/mol. The minimum Gasteiger partial charge on any atom is -0.462 e. The van der Waals surface area contributed by atoms with Gasteiger partial charge in [-0.1, -0.05) is 330 Å². The topological polar surface area (TPSA) is 237 Å². The molecule has 552 valence electrons. The molecule has 0 heterocycles. The number of carbonyl (C=O) groups excluding carboxylic acids is 4. The molecule has 0 aliphatic carbocycles. The molecular formula is C74H144O17P2. The summed E-state index contributed by atoms with van der Waals surface area (Å²) >= 11 is 0. The summed E-state index contributed by atoms with van der Waals surface area (Å²) in [7, 11) is -9.90. The number of hydrogen-bond acceptors (Lipinski definition) is 15. The van der Waals surface area contributed by atoms with E-state index in [0.29, 0.717) is 25.7 Å². The number of carbonyl (C=O) groups is 4. The average Bonchev–Trinajstić information content (AvgIpc) is 2.16. The fourth-order valence-corrected chi connectivity index (χ4v) is 12.8. The highest BCUT2D eigenvalue weighted by molar-refractivity contribution is 7.47. The first-order chi connectivity index (χ1) is 44.9. The molecule has 0 saturated carbocycles. The van der Waals surface area contributed by atoms with Gasteiger partial charge >= 0.3 is 39.5 Å². The van der Waals surface area contributed by atoms with Crippen LogP contribution in [0.1, 0.15) is 382 Å². The van der Waals surface area contributed by atoms with Crippen molar-refractivity contribution in [3.63, 3.8) is 0 Å². The summed E-state index contributed by atoms with van der Waals surface area (Å²) in [4.78, 5) is 72.5. The molecule has 0 aromatic heterocycles. The molecule has 0 aromatic carbocycles. The number of aliphatic hydroxyl groups excluding tert-OH is 1. The molecule has 0 aliphatic rings. The quantitative estimate of drug-likeness (QED) is 0.0222. The van der Waals surface area contributed by atoms with Crippen molar-refractivity contribution in [2.24, 2.45) is 11.8 Å². The molecular weight excluding hydrogens is 1220 g/mol. The standard InChI is InChI=1S/C74H144O17P2/c1-7-11-13-15-17-18-33-40-46-52-58-73(78)90-69(62-84-71(76)56-50-44-36-16-14-12-8-2)64-88-92(80,81)86-60-68(75)61-87-93(82,83)89-65-70(63-85-72(77)57-51-45-39-34-30-29-32-38-43-49-55-67(6)10-4)91-74(79)59-53-47-41-35-28-26-24-22-20-19-21-23-25-27-31-37-42-48-54-66(5)9-3/h66-70,75H,7-65H2,1-6H3,(H,80,81)(H,82,83)/t66?,67?,68-,69+,70+/m0/s1. The van der Waals surface area contributed by atoms with E-state index in [4.69, 9.17) is 37.0 Å². The maximum atomic E-state index is 13.1. The summed E-state index contributed by atoms with van der Waals surface area (Å²) in [6.45, 7) is 9.62. The van der Waals surface area contributed by atoms with Gasteiger partial charge in [-0.15, -0.1) is 0 Å². The van der Waals surface area contributed by atoms with Gasteiger partial charge in [0.15, 0.2) is 12.2 Å². The van der Waals surface area contributed by atoms with Crippen LogP contribution in [0.5, 0.6) is 0 Å². The third-order valence-corrected chi connectivity index (χ3v) is 19.8. The van der Waals surface area contributed by atoms with Gasteiger partial charge in [0, 0.05) is 25.7 Å². The molecule has 0 aromatic rings. The van der Waals surface area contributed by atoms with Crippen LogP contribution in [-0.4, -0.2) is 96.7 Å². The van der Waals surface area contributed by atoms with Gasteiger partial charge in [0.2, 0.25) is 0 Å². The van der Waals surface area contributed by atoms with E-state index in [1.807, 2.05) is 0 Å². The zero-order valence-corrected chi connectivity index (χ0v) is 62.3. The lowest BCUT2D eigenvalue weighted by molar-refractivity contribution is -0.161. The molecule has 3 N–H and O–H groups in total. The molecule has 4 unspecified atom stereocenters. The van der Waals surface area contributed by atoms with E-state index in [9.17, 15) is 43.2 Å². The second-order valence-corrected chi connectivity index (χ2v) is 30.1. The predicted molar refractivity (Wildman–Crippen MR) is 377 cm³/mol. The van der Waals surface area contributed by atoms with Crippen LogP contribution in [0, 0.1) is 11.8 Å². The van der Waals surface area contributed by atoms with Gasteiger partial charge in [0.05, 0.1) is 26.4 Å². The Kier molecular flexibility index (Phi) is 64.6. The number of ether oxygens (including phenoxy) is 4. The highest BCUT2D eigenvalue weighted by Gasteiger charge is 2.30. The smallest absolute Gasteiger partial charge is 0.462 e. The van der Waals surface area contributed by atoms with E-state index < -0.39 is 97.5 Å². The third kappa shape index (κ3) is 65.8. The van der Waals surface area contributed by atoms with Crippen molar-refractivity contribution in [1.82, 2.24) is 0 Å². The van der Waals surface area contributed by atoms with Crippen molar-refractivity contribution in [2.75, 3.05) is 39.6 Å². The summed E-state index contributed by atoms with van der Waals surface area (Å²) in [6, 6.07) is 0. The zero-order valence-electron chi connectivity index (χ0n) is 60.6. The second-order valence-electron chi connectivity index (χ2n) is 27.2. The molecule has 93 heavy (non-hydrogen) atoms. The third-order valence-electron chi connectivity index (χ3n) is 17.9. The van der Waals surface area contributed by atoms with Gasteiger partial charge in [-0.05, 0) is 37.5 Å². The van der Waals surface area contributed by atoms with Crippen molar-refractivity contribution in [1.29, 1.82) is 0 Å². The van der Waals surface area contributed by atoms with Crippen LogP contribution < -0.4 is 0 Å². The lowest BCUT2D eigenvalue weighted by atomic mass is 9.99. The predicted octanol–water partition coefficient (Wildman–Crippen LogP) is 21.6. The number of phosphoric acid groups is 2. The molecule has 0 fully saturated rings. The molecule has 19 heteroatoms. The lowest BCUT2D eigenvalue weighted by Gasteiger charge is -2.21. The Labute approximate surface area is 568 Å². The van der Waals surface area contributed by atoms with Crippen LogP contribution in [0.2, 0.25) is 0 Å². The number of phosphoric ester groups is 2. The van der Waals surface area contributed by atoms with Crippen LogP contribution in [0.15, 0.2) is 0 Å². The molecule has 0 rings (SSSR count). The van der Waals surface area contributed by atoms with E-state index >= 15 is 0 Å². The van der Waals surface area contributed by atoms with Crippen molar-refractivity contribution in [2.45, 2.75) is 400 Å². The van der Waals surface area contributed by atoms with E-state index in [1.165, 1.54) is 186 Å². The van der Waals surface area contributed by atoms with Crippen LogP contribution >= 0.6 is 15.6 Å². The summed E-state index contributed by atoms with van der Waals surface area (Å²) in [5, 5.41) is 10.6. The highest BCUT2D eigenvalue weighted by Crippen LogP contribution is 2.45. The zero-order chi connectivity index (χ0) is 68.6. The van der Waals surface area contributed by atoms with Gasteiger partial charge in [0.25, 0.3) is 0 Å². The molecule has 0 amide bonds. The van der Waals surface area contributed by atoms with Gasteiger partial charge in [0.1, 0.15) is 19.3 Å². The van der Waals surface area contributed by atoms with Crippen molar-refractivity contribution >= 4 is 39.5 Å². The Balaban J connectivity index is 5.14. The minimum atomic E-state index is -4.95. The van der Waals surface area contributed by atoms with E-state index in [1.54, 1.807) is 0 Å². The Bertz CT molecular complexity index is 1810. The number of unbranched alkanes of at least 4 members (excludes halogenated alkanes) is 41. The van der Waals surface area contributed by atoms with Crippen LogP contribution in [0.3, 0.4) is 0 Å². The maximum absolute atomic E-state index is 13.1. The highest BCUT2D eigenvalue weighted by atomic mass is 31.2. The number of esters is 4. The van der Waals surface area contributed by atoms with E-state index in [0.717, 1.165) is 115 Å². The molecule has 0 bridgehead atoms. The molecule has 17 nitrogen and oxygen atoms in total. The molecule has 0 saturated heterocycles. The molecule has 7 atom stereocenters. The van der Waals surface area contributed by atoms with Crippen LogP contribution in [0.25, 0.3) is 0 Å². The second kappa shape index (κ2) is 66.0. The van der Waals surface area contributed by atoms with Crippen LogP contribution in [-0.2, 0) is 65.4 Å². The molecule has 0 radical (unpaired) electrons.